The minimum Gasteiger partial charge on any atom is -0.495 e. The molecule has 0 N–H and O–H groups in total. The van der Waals surface area contributed by atoms with Crippen LogP contribution in [0.15, 0.2) is 40.8 Å². The fourth-order valence-corrected chi connectivity index (χ4v) is 3.89. The lowest BCUT2D eigenvalue weighted by molar-refractivity contribution is -0.133. The van der Waals surface area contributed by atoms with E-state index in [4.69, 9.17) is 11.2 Å². The summed E-state index contributed by atoms with van der Waals surface area (Å²) in [5, 5.41) is 16.6. The number of hydrogen-bond donors (Lipinski definition) is 0. The molecule has 4 rings (SSSR count). The van der Waals surface area contributed by atoms with Gasteiger partial charge < -0.3 is 9.64 Å². The monoisotopic (exact) mass is 421 g/mol. The molecule has 0 bridgehead atoms. The Morgan fingerprint density at radius 2 is 1.97 bits per heavy atom. The van der Waals surface area contributed by atoms with Crippen LogP contribution >= 0.6 is 0 Å². The van der Waals surface area contributed by atoms with E-state index >= 15 is 0 Å². The van der Waals surface area contributed by atoms with E-state index in [2.05, 4.69) is 31.2 Å². The summed E-state index contributed by atoms with van der Waals surface area (Å²) in [6, 6.07) is 7.80. The molecule has 0 aliphatic carbocycles. The molecule has 2 aromatic rings. The van der Waals surface area contributed by atoms with E-state index in [0.717, 1.165) is 36.8 Å². The van der Waals surface area contributed by atoms with Crippen molar-refractivity contribution >= 4 is 5.91 Å². The van der Waals surface area contributed by atoms with Crippen LogP contribution in [0, 0.1) is 12.3 Å². The Morgan fingerprint density at radius 1 is 1.19 bits per heavy atom. The van der Waals surface area contributed by atoms with E-state index in [0.29, 0.717) is 38.9 Å². The van der Waals surface area contributed by atoms with Gasteiger partial charge in [-0.15, -0.1) is 22.5 Å². The SMILES string of the molecule is C#CCCC1(CCC(=O)N2CCN(Cc3nncn3-c3ccccc3OC)CC2)N=N1. The third-order valence-electron chi connectivity index (χ3n) is 5.84. The highest BCUT2D eigenvalue weighted by atomic mass is 16.5. The molecule has 3 heterocycles. The van der Waals surface area contributed by atoms with Crippen LogP contribution in [0.1, 0.15) is 31.5 Å². The van der Waals surface area contributed by atoms with Crippen molar-refractivity contribution in [2.75, 3.05) is 33.3 Å². The van der Waals surface area contributed by atoms with E-state index < -0.39 is 5.66 Å². The summed E-state index contributed by atoms with van der Waals surface area (Å²) in [4.78, 5) is 16.8. The molecule has 9 heteroatoms. The van der Waals surface area contributed by atoms with Gasteiger partial charge in [-0.1, -0.05) is 12.1 Å². The highest BCUT2D eigenvalue weighted by Crippen LogP contribution is 2.37. The van der Waals surface area contributed by atoms with E-state index in [-0.39, 0.29) is 5.91 Å². The number of para-hydroxylation sites is 2. The number of terminal acetylenes is 1. The Morgan fingerprint density at radius 3 is 2.68 bits per heavy atom. The van der Waals surface area contributed by atoms with Crippen molar-refractivity contribution in [2.24, 2.45) is 10.2 Å². The Balaban J connectivity index is 1.28. The minimum absolute atomic E-state index is 0.161. The van der Waals surface area contributed by atoms with Gasteiger partial charge in [0.05, 0.1) is 19.3 Å². The summed E-state index contributed by atoms with van der Waals surface area (Å²) >= 11 is 0. The molecular formula is C22H27N7O2. The maximum atomic E-state index is 12.6. The van der Waals surface area contributed by atoms with E-state index in [9.17, 15) is 4.79 Å². The fraction of sp³-hybridized carbons (Fsp3) is 0.500. The molecule has 1 fully saturated rings. The molecular weight excluding hydrogens is 394 g/mol. The van der Waals surface area contributed by atoms with Crippen LogP contribution in [0.2, 0.25) is 0 Å². The van der Waals surface area contributed by atoms with Crippen LogP contribution in [-0.4, -0.2) is 69.4 Å². The second-order valence-electron chi connectivity index (χ2n) is 7.83. The number of methoxy groups -OCH3 is 1. The van der Waals surface area contributed by atoms with Crippen molar-refractivity contribution in [1.82, 2.24) is 24.6 Å². The van der Waals surface area contributed by atoms with Crippen LogP contribution in [0.4, 0.5) is 0 Å². The number of carbonyl (C=O) groups is 1. The molecule has 31 heavy (non-hydrogen) atoms. The number of amides is 1. The first-order valence-electron chi connectivity index (χ1n) is 10.5. The van der Waals surface area contributed by atoms with E-state index in [1.807, 2.05) is 33.7 Å². The molecule has 0 unspecified atom stereocenters. The van der Waals surface area contributed by atoms with Gasteiger partial charge in [0.1, 0.15) is 12.1 Å². The Bertz CT molecular complexity index is 980. The van der Waals surface area contributed by atoms with Crippen LogP contribution < -0.4 is 4.74 Å². The molecule has 1 saturated heterocycles. The third kappa shape index (κ3) is 4.91. The highest BCUT2D eigenvalue weighted by Gasteiger charge is 2.39. The number of rotatable bonds is 9. The van der Waals surface area contributed by atoms with Crippen molar-refractivity contribution in [1.29, 1.82) is 0 Å². The van der Waals surface area contributed by atoms with Crippen molar-refractivity contribution < 1.29 is 9.53 Å². The molecule has 1 aromatic carbocycles. The zero-order valence-electron chi connectivity index (χ0n) is 17.8. The van der Waals surface area contributed by atoms with E-state index in [1.165, 1.54) is 0 Å². The standard InChI is InChI=1S/C22H27N7O2/c1-3-4-10-22(25-26-22)11-9-21(30)28-14-12-27(13-15-28)16-20-24-23-17-29(20)18-7-5-6-8-19(18)31-2/h1,5-8,17H,4,9-16H2,2H3. The van der Waals surface area contributed by atoms with Crippen LogP contribution in [-0.2, 0) is 11.3 Å². The lowest BCUT2D eigenvalue weighted by atomic mass is 10.0. The number of ether oxygens (including phenoxy) is 1. The molecule has 2 aliphatic heterocycles. The maximum absolute atomic E-state index is 12.6. The van der Waals surface area contributed by atoms with Crippen molar-refractivity contribution in [2.45, 2.75) is 37.9 Å². The van der Waals surface area contributed by atoms with Gasteiger partial charge in [0.25, 0.3) is 0 Å². The molecule has 162 valence electrons. The second kappa shape index (κ2) is 9.27. The summed E-state index contributed by atoms with van der Waals surface area (Å²) in [6.07, 6.45) is 9.51. The average Bonchev–Trinajstić information content (AvgIpc) is 3.44. The molecule has 0 saturated carbocycles. The van der Waals surface area contributed by atoms with Crippen molar-refractivity contribution in [3.8, 4) is 23.8 Å². The zero-order chi connectivity index (χ0) is 21.7. The van der Waals surface area contributed by atoms with Crippen molar-refractivity contribution in [3.05, 3.63) is 36.4 Å². The summed E-state index contributed by atoms with van der Waals surface area (Å²) in [5.41, 5.74) is 0.514. The van der Waals surface area contributed by atoms with Gasteiger partial charge in [0, 0.05) is 51.9 Å². The predicted molar refractivity (Wildman–Crippen MR) is 115 cm³/mol. The summed E-state index contributed by atoms with van der Waals surface area (Å²) in [6.45, 7) is 3.65. The number of hydrogen-bond acceptors (Lipinski definition) is 7. The van der Waals surface area contributed by atoms with Gasteiger partial charge >= 0.3 is 0 Å². The number of benzene rings is 1. The molecule has 2 aliphatic rings. The molecule has 1 amide bonds. The highest BCUT2D eigenvalue weighted by molar-refractivity contribution is 5.76. The first-order chi connectivity index (χ1) is 15.1. The van der Waals surface area contributed by atoms with Crippen LogP contribution in [0.25, 0.3) is 5.69 Å². The minimum atomic E-state index is -0.396. The zero-order valence-corrected chi connectivity index (χ0v) is 17.8. The Hall–Kier alpha value is -3.25. The van der Waals surface area contributed by atoms with Gasteiger partial charge in [-0.05, 0) is 12.1 Å². The topological polar surface area (TPSA) is 88.2 Å². The lowest BCUT2D eigenvalue weighted by Crippen LogP contribution is -2.48. The summed E-state index contributed by atoms with van der Waals surface area (Å²) < 4.78 is 7.42. The summed E-state index contributed by atoms with van der Waals surface area (Å²) in [5.74, 6) is 4.40. The predicted octanol–water partition coefficient (Wildman–Crippen LogP) is 2.28. The van der Waals surface area contributed by atoms with Gasteiger partial charge in [0.2, 0.25) is 5.91 Å². The van der Waals surface area contributed by atoms with Crippen molar-refractivity contribution in [3.63, 3.8) is 0 Å². The Kier molecular flexibility index (Phi) is 6.28. The first kappa shape index (κ1) is 21.0. The smallest absolute Gasteiger partial charge is 0.222 e. The van der Waals surface area contributed by atoms with Gasteiger partial charge in [-0.2, -0.15) is 10.2 Å². The van der Waals surface area contributed by atoms with E-state index in [1.54, 1.807) is 13.4 Å². The second-order valence-corrected chi connectivity index (χ2v) is 7.83. The van der Waals surface area contributed by atoms with Crippen LogP contribution in [0.5, 0.6) is 5.75 Å². The largest absolute Gasteiger partial charge is 0.495 e. The molecule has 0 spiro atoms. The third-order valence-corrected chi connectivity index (χ3v) is 5.84. The molecule has 1 aromatic heterocycles. The summed E-state index contributed by atoms with van der Waals surface area (Å²) in [7, 11) is 1.65. The number of carbonyl (C=O) groups excluding carboxylic acids is 1. The normalized spacial score (nSPS) is 17.4. The fourth-order valence-electron chi connectivity index (χ4n) is 3.89. The van der Waals surface area contributed by atoms with Gasteiger partial charge in [-0.3, -0.25) is 14.3 Å². The quantitative estimate of drug-likeness (QED) is 0.580. The molecule has 0 radical (unpaired) electrons. The lowest BCUT2D eigenvalue weighted by Gasteiger charge is -2.34. The maximum Gasteiger partial charge on any atom is 0.222 e. The van der Waals surface area contributed by atoms with Crippen LogP contribution in [0.3, 0.4) is 0 Å². The number of piperazine rings is 1. The first-order valence-corrected chi connectivity index (χ1v) is 10.5. The molecule has 0 atom stereocenters. The number of aromatic nitrogens is 3. The average molecular weight is 422 g/mol. The van der Waals surface area contributed by atoms with Gasteiger partial charge in [0.15, 0.2) is 11.5 Å². The molecule has 9 nitrogen and oxygen atoms in total. The number of nitrogens with zero attached hydrogens (tertiary/aromatic N) is 7. The Labute approximate surface area is 182 Å². The van der Waals surface area contributed by atoms with Gasteiger partial charge in [-0.25, -0.2) is 0 Å².